The van der Waals surface area contributed by atoms with Gasteiger partial charge in [0.1, 0.15) is 0 Å². The van der Waals surface area contributed by atoms with Crippen molar-refractivity contribution in [3.05, 3.63) is 64.7 Å². The van der Waals surface area contributed by atoms with Crippen LogP contribution in [0, 0.1) is 0 Å². The number of carbonyl (C=O) groups excluding carboxylic acids is 2. The molecular weight excluding hydrogens is 368 g/mol. The van der Waals surface area contributed by atoms with Crippen molar-refractivity contribution in [3.8, 4) is 0 Å². The molecule has 2 amide bonds. The van der Waals surface area contributed by atoms with E-state index in [1.165, 1.54) is 0 Å². The topological polar surface area (TPSA) is 76.7 Å². The Kier molecular flexibility index (Phi) is 6.22. The SMILES string of the molecule is O=C(Cc1ccc2c(c1)NC(=O)C2)NCc1ccc(COC2CCOCC2)cc1. The zero-order valence-electron chi connectivity index (χ0n) is 16.4. The zero-order valence-corrected chi connectivity index (χ0v) is 16.4. The average molecular weight is 394 g/mol. The number of hydrogen-bond donors (Lipinski definition) is 2. The van der Waals surface area contributed by atoms with Crippen LogP contribution in [-0.2, 0) is 45.1 Å². The monoisotopic (exact) mass is 394 g/mol. The molecule has 152 valence electrons. The number of ether oxygens (including phenoxy) is 2. The van der Waals surface area contributed by atoms with Gasteiger partial charge in [0.2, 0.25) is 11.8 Å². The minimum Gasteiger partial charge on any atom is -0.381 e. The first-order valence-electron chi connectivity index (χ1n) is 10.1. The number of hydrogen-bond acceptors (Lipinski definition) is 4. The second kappa shape index (κ2) is 9.20. The molecule has 0 spiro atoms. The Morgan fingerprint density at radius 1 is 1.07 bits per heavy atom. The van der Waals surface area contributed by atoms with Crippen LogP contribution in [0.25, 0.3) is 0 Å². The highest BCUT2D eigenvalue weighted by atomic mass is 16.5. The Balaban J connectivity index is 1.22. The summed E-state index contributed by atoms with van der Waals surface area (Å²) in [7, 11) is 0. The van der Waals surface area contributed by atoms with Gasteiger partial charge in [-0.1, -0.05) is 36.4 Å². The van der Waals surface area contributed by atoms with Crippen LogP contribution in [-0.4, -0.2) is 31.1 Å². The van der Waals surface area contributed by atoms with Gasteiger partial charge in [0.05, 0.1) is 25.6 Å². The maximum Gasteiger partial charge on any atom is 0.228 e. The van der Waals surface area contributed by atoms with Gasteiger partial charge in [-0.05, 0) is 41.2 Å². The van der Waals surface area contributed by atoms with Crippen molar-refractivity contribution in [1.29, 1.82) is 0 Å². The van der Waals surface area contributed by atoms with E-state index in [0.29, 0.717) is 26.0 Å². The third-order valence-electron chi connectivity index (χ3n) is 5.33. The van der Waals surface area contributed by atoms with Gasteiger partial charge < -0.3 is 20.1 Å². The molecule has 0 unspecified atom stereocenters. The van der Waals surface area contributed by atoms with E-state index >= 15 is 0 Å². The van der Waals surface area contributed by atoms with Gasteiger partial charge in [0.25, 0.3) is 0 Å². The molecule has 29 heavy (non-hydrogen) atoms. The summed E-state index contributed by atoms with van der Waals surface area (Å²) in [5.41, 5.74) is 4.88. The molecule has 6 heteroatoms. The van der Waals surface area contributed by atoms with Crippen LogP contribution < -0.4 is 10.6 Å². The normalized spacial score (nSPS) is 16.3. The fraction of sp³-hybridized carbons (Fsp3) is 0.391. The molecule has 4 rings (SSSR count). The van der Waals surface area contributed by atoms with Crippen molar-refractivity contribution in [3.63, 3.8) is 0 Å². The molecule has 1 fully saturated rings. The molecule has 1 saturated heterocycles. The number of fused-ring (bicyclic) bond motifs is 1. The van der Waals surface area contributed by atoms with Crippen molar-refractivity contribution in [2.75, 3.05) is 18.5 Å². The molecule has 2 aromatic rings. The second-order valence-corrected chi connectivity index (χ2v) is 7.61. The molecular formula is C23H26N2O4. The summed E-state index contributed by atoms with van der Waals surface area (Å²) in [4.78, 5) is 23.7. The lowest BCUT2D eigenvalue weighted by atomic mass is 10.1. The highest BCUT2D eigenvalue weighted by molar-refractivity contribution is 5.99. The minimum absolute atomic E-state index is 0.00297. The van der Waals surface area contributed by atoms with E-state index in [4.69, 9.17) is 9.47 Å². The van der Waals surface area contributed by atoms with Gasteiger partial charge >= 0.3 is 0 Å². The molecule has 2 aromatic carbocycles. The fourth-order valence-corrected chi connectivity index (χ4v) is 3.63. The second-order valence-electron chi connectivity index (χ2n) is 7.61. The predicted molar refractivity (Wildman–Crippen MR) is 109 cm³/mol. The third kappa shape index (κ3) is 5.43. The molecule has 0 radical (unpaired) electrons. The van der Waals surface area contributed by atoms with Crippen LogP contribution in [0.3, 0.4) is 0 Å². The van der Waals surface area contributed by atoms with E-state index in [0.717, 1.165) is 54.0 Å². The number of rotatable bonds is 7. The maximum absolute atomic E-state index is 12.3. The van der Waals surface area contributed by atoms with Gasteiger partial charge in [0, 0.05) is 25.4 Å². The molecule has 0 aliphatic carbocycles. The molecule has 2 aliphatic heterocycles. The molecule has 0 aromatic heterocycles. The van der Waals surface area contributed by atoms with Gasteiger partial charge in [0.15, 0.2) is 0 Å². The molecule has 0 saturated carbocycles. The number of nitrogens with one attached hydrogen (secondary N) is 2. The van der Waals surface area contributed by atoms with E-state index in [-0.39, 0.29) is 17.9 Å². The first-order chi connectivity index (χ1) is 14.2. The lowest BCUT2D eigenvalue weighted by Gasteiger charge is -2.22. The highest BCUT2D eigenvalue weighted by Crippen LogP contribution is 2.24. The maximum atomic E-state index is 12.3. The van der Waals surface area contributed by atoms with Crippen molar-refractivity contribution >= 4 is 17.5 Å². The largest absolute Gasteiger partial charge is 0.381 e. The fourth-order valence-electron chi connectivity index (χ4n) is 3.63. The number of benzene rings is 2. The molecule has 2 heterocycles. The summed E-state index contributed by atoms with van der Waals surface area (Å²) in [5, 5.41) is 5.77. The van der Waals surface area contributed by atoms with E-state index in [1.807, 2.05) is 42.5 Å². The van der Waals surface area contributed by atoms with Crippen LogP contribution in [0.1, 0.15) is 35.1 Å². The van der Waals surface area contributed by atoms with Crippen molar-refractivity contribution in [1.82, 2.24) is 5.32 Å². The zero-order chi connectivity index (χ0) is 20.1. The first-order valence-corrected chi connectivity index (χ1v) is 10.1. The number of anilines is 1. The van der Waals surface area contributed by atoms with Crippen LogP contribution in [0.2, 0.25) is 0 Å². The van der Waals surface area contributed by atoms with Crippen LogP contribution >= 0.6 is 0 Å². The van der Waals surface area contributed by atoms with Crippen LogP contribution in [0.15, 0.2) is 42.5 Å². The van der Waals surface area contributed by atoms with Gasteiger partial charge in [-0.3, -0.25) is 9.59 Å². The van der Waals surface area contributed by atoms with Crippen molar-refractivity contribution in [2.24, 2.45) is 0 Å². The summed E-state index contributed by atoms with van der Waals surface area (Å²) in [6.07, 6.45) is 2.91. The molecule has 2 N–H and O–H groups in total. The Labute approximate surface area is 170 Å². The molecule has 2 aliphatic rings. The number of amides is 2. The number of carbonyl (C=O) groups is 2. The van der Waals surface area contributed by atoms with E-state index < -0.39 is 0 Å². The summed E-state index contributed by atoms with van der Waals surface area (Å²) in [6.45, 7) is 2.65. The van der Waals surface area contributed by atoms with Crippen LogP contribution in [0.4, 0.5) is 5.69 Å². The van der Waals surface area contributed by atoms with Gasteiger partial charge in [-0.2, -0.15) is 0 Å². The van der Waals surface area contributed by atoms with E-state index in [1.54, 1.807) is 0 Å². The van der Waals surface area contributed by atoms with Crippen molar-refractivity contribution < 1.29 is 19.1 Å². The summed E-state index contributed by atoms with van der Waals surface area (Å²) >= 11 is 0. The quantitative estimate of drug-likeness (QED) is 0.757. The molecule has 0 atom stereocenters. The molecule has 6 nitrogen and oxygen atoms in total. The Hall–Kier alpha value is -2.70. The van der Waals surface area contributed by atoms with Crippen molar-refractivity contribution in [2.45, 2.75) is 44.9 Å². The lowest BCUT2D eigenvalue weighted by Crippen LogP contribution is -2.24. The van der Waals surface area contributed by atoms with E-state index in [2.05, 4.69) is 10.6 Å². The predicted octanol–water partition coefficient (Wildman–Crippen LogP) is 2.74. The van der Waals surface area contributed by atoms with Crippen LogP contribution in [0.5, 0.6) is 0 Å². The van der Waals surface area contributed by atoms with E-state index in [9.17, 15) is 9.59 Å². The highest BCUT2D eigenvalue weighted by Gasteiger charge is 2.18. The third-order valence-corrected chi connectivity index (χ3v) is 5.33. The van der Waals surface area contributed by atoms with Gasteiger partial charge in [-0.25, -0.2) is 0 Å². The summed E-state index contributed by atoms with van der Waals surface area (Å²) in [6, 6.07) is 13.8. The Morgan fingerprint density at radius 2 is 1.79 bits per heavy atom. The lowest BCUT2D eigenvalue weighted by molar-refractivity contribution is -0.120. The summed E-state index contributed by atoms with van der Waals surface area (Å²) < 4.78 is 11.3. The Bertz CT molecular complexity index is 873. The smallest absolute Gasteiger partial charge is 0.228 e. The summed E-state index contributed by atoms with van der Waals surface area (Å²) in [5.74, 6) is -0.0376. The Morgan fingerprint density at radius 3 is 2.59 bits per heavy atom. The minimum atomic E-state index is -0.0406. The average Bonchev–Trinajstić information content (AvgIpc) is 3.11. The first kappa shape index (κ1) is 19.6. The standard InChI is InChI=1S/C23H26N2O4/c26-22(12-18-5-6-19-13-23(27)25-21(19)11-18)24-14-16-1-3-17(4-2-16)15-29-20-7-9-28-10-8-20/h1-6,11,20H,7-10,12-15H2,(H,24,26)(H,25,27). The molecule has 0 bridgehead atoms. The van der Waals surface area contributed by atoms with Gasteiger partial charge in [-0.15, -0.1) is 0 Å².